The predicted octanol–water partition coefficient (Wildman–Crippen LogP) is 5.52. The normalized spacial score (nSPS) is 42.6. The molecule has 0 aromatic rings. The molecule has 4 saturated carbocycles. The van der Waals surface area contributed by atoms with Crippen LogP contribution in [0, 0.1) is 40.4 Å². The molecule has 10 unspecified atom stereocenters. The molecule has 0 radical (unpaired) electrons. The number of carboxylic acids is 1. The second-order valence-corrected chi connectivity index (χ2v) is 13.7. The topological polar surface area (TPSA) is 116 Å². The molecule has 4 fully saturated rings. The number of alkyl carbamates (subject to hydrolysis) is 1. The Morgan fingerprint density at radius 1 is 0.973 bits per heavy atom. The number of amides is 1. The van der Waals surface area contributed by atoms with E-state index in [2.05, 4.69) is 33.0 Å². The molecule has 1 amide bonds. The zero-order chi connectivity index (χ0) is 27.0. The summed E-state index contributed by atoms with van der Waals surface area (Å²) in [7, 11) is 0. The molecular formula is C30H51NO6. The molecule has 4 aliphatic carbocycles. The number of fused-ring (bicyclic) bond motifs is 5. The van der Waals surface area contributed by atoms with Crippen LogP contribution in [0.4, 0.5) is 4.79 Å². The van der Waals surface area contributed by atoms with Gasteiger partial charge in [0.2, 0.25) is 0 Å². The Morgan fingerprint density at radius 2 is 1.68 bits per heavy atom. The summed E-state index contributed by atoms with van der Waals surface area (Å²) in [6.07, 6.45) is 11.7. The molecule has 0 heterocycles. The van der Waals surface area contributed by atoms with Crippen molar-refractivity contribution in [3.63, 3.8) is 0 Å². The lowest BCUT2D eigenvalue weighted by Crippen LogP contribution is -2.60. The van der Waals surface area contributed by atoms with Crippen molar-refractivity contribution in [3.8, 4) is 0 Å². The minimum Gasteiger partial charge on any atom is -0.480 e. The van der Waals surface area contributed by atoms with E-state index >= 15 is 0 Å². The summed E-state index contributed by atoms with van der Waals surface area (Å²) in [5, 5.41) is 33.6. The maximum absolute atomic E-state index is 12.6. The van der Waals surface area contributed by atoms with E-state index in [4.69, 9.17) is 9.84 Å². The third kappa shape index (κ3) is 5.54. The van der Waals surface area contributed by atoms with Gasteiger partial charge in [0, 0.05) is 5.92 Å². The van der Waals surface area contributed by atoms with Crippen LogP contribution in [0.15, 0.2) is 0 Å². The van der Waals surface area contributed by atoms with Crippen molar-refractivity contribution < 1.29 is 29.6 Å². The van der Waals surface area contributed by atoms with Crippen LogP contribution in [0.2, 0.25) is 0 Å². The Balaban J connectivity index is 1.55. The average Bonchev–Trinajstić information content (AvgIpc) is 3.20. The van der Waals surface area contributed by atoms with Gasteiger partial charge in [0.15, 0.2) is 0 Å². The molecule has 7 heteroatoms. The molecule has 0 spiro atoms. The molecule has 0 bridgehead atoms. The van der Waals surface area contributed by atoms with Crippen LogP contribution < -0.4 is 5.32 Å². The van der Waals surface area contributed by atoms with Gasteiger partial charge in [0.05, 0.1) is 11.7 Å². The molecule has 0 aromatic heterocycles. The van der Waals surface area contributed by atoms with Gasteiger partial charge >= 0.3 is 12.1 Å². The fourth-order valence-electron chi connectivity index (χ4n) is 9.81. The highest BCUT2D eigenvalue weighted by Crippen LogP contribution is 2.69. The van der Waals surface area contributed by atoms with E-state index in [0.29, 0.717) is 24.2 Å². The largest absolute Gasteiger partial charge is 0.480 e. The number of unbranched alkanes of at least 4 members (excludes halogenated alkanes) is 3. The number of carboxylic acid groups (broad SMARTS) is 1. The van der Waals surface area contributed by atoms with Gasteiger partial charge in [-0.3, -0.25) is 4.79 Å². The number of aliphatic hydroxyl groups excluding tert-OH is 1. The molecular weight excluding hydrogens is 470 g/mol. The van der Waals surface area contributed by atoms with Crippen LogP contribution >= 0.6 is 0 Å². The van der Waals surface area contributed by atoms with Crippen molar-refractivity contribution in [2.45, 2.75) is 129 Å². The van der Waals surface area contributed by atoms with Gasteiger partial charge in [0.25, 0.3) is 0 Å². The van der Waals surface area contributed by atoms with E-state index in [9.17, 15) is 19.8 Å². The van der Waals surface area contributed by atoms with Crippen molar-refractivity contribution in [3.05, 3.63) is 0 Å². The number of hydrogen-bond acceptors (Lipinski definition) is 5. The summed E-state index contributed by atoms with van der Waals surface area (Å²) < 4.78 is 5.95. The van der Waals surface area contributed by atoms with Crippen LogP contribution in [0.3, 0.4) is 0 Å². The zero-order valence-corrected chi connectivity index (χ0v) is 23.5. The van der Waals surface area contributed by atoms with Gasteiger partial charge in [-0.2, -0.15) is 0 Å². The van der Waals surface area contributed by atoms with Crippen molar-refractivity contribution in [1.82, 2.24) is 5.32 Å². The molecule has 0 saturated heterocycles. The number of rotatable bonds is 9. The number of carbonyl (C=O) groups is 2. The fourth-order valence-corrected chi connectivity index (χ4v) is 9.81. The molecule has 4 aliphatic rings. The molecule has 0 aliphatic heterocycles. The van der Waals surface area contributed by atoms with Gasteiger partial charge in [-0.05, 0) is 99.2 Å². The number of hydrogen-bond donors (Lipinski definition) is 4. The fraction of sp³-hybridized carbons (Fsp3) is 0.933. The van der Waals surface area contributed by atoms with Gasteiger partial charge in [-0.25, -0.2) is 4.79 Å². The SMILES string of the molecule is CCCCCCC(C)(O)C1CCC2C3CC(OC(=O)NCC(=O)O)C4CC(O)CCC4(C)C3CCC21C. The first-order chi connectivity index (χ1) is 17.4. The van der Waals surface area contributed by atoms with E-state index in [1.165, 1.54) is 19.3 Å². The summed E-state index contributed by atoms with van der Waals surface area (Å²) in [6.45, 7) is 8.60. The lowest BCUT2D eigenvalue weighted by molar-refractivity contribution is -0.179. The third-order valence-electron chi connectivity index (χ3n) is 11.6. The lowest BCUT2D eigenvalue weighted by atomic mass is 9.43. The van der Waals surface area contributed by atoms with Crippen LogP contribution in [0.5, 0.6) is 0 Å². The van der Waals surface area contributed by atoms with E-state index < -0.39 is 24.2 Å². The van der Waals surface area contributed by atoms with Gasteiger partial charge in [-0.1, -0.05) is 46.5 Å². The second-order valence-electron chi connectivity index (χ2n) is 13.7. The van der Waals surface area contributed by atoms with Crippen LogP contribution in [-0.2, 0) is 9.53 Å². The van der Waals surface area contributed by atoms with Crippen LogP contribution in [0.25, 0.3) is 0 Å². The quantitative estimate of drug-likeness (QED) is 0.297. The predicted molar refractivity (Wildman–Crippen MR) is 142 cm³/mol. The minimum absolute atomic E-state index is 0.0119. The number of nitrogens with one attached hydrogen (secondary N) is 1. The molecule has 4 rings (SSSR count). The summed E-state index contributed by atoms with van der Waals surface area (Å²) >= 11 is 0. The highest BCUT2D eigenvalue weighted by atomic mass is 16.6. The monoisotopic (exact) mass is 521 g/mol. The number of carbonyl (C=O) groups excluding carboxylic acids is 1. The zero-order valence-electron chi connectivity index (χ0n) is 23.5. The summed E-state index contributed by atoms with van der Waals surface area (Å²) in [5.74, 6) is 0.684. The van der Waals surface area contributed by atoms with Crippen LogP contribution in [-0.4, -0.2) is 51.7 Å². The third-order valence-corrected chi connectivity index (χ3v) is 11.6. The van der Waals surface area contributed by atoms with E-state index in [1.54, 1.807) is 0 Å². The van der Waals surface area contributed by atoms with Crippen LogP contribution in [0.1, 0.15) is 111 Å². The van der Waals surface area contributed by atoms with Crippen molar-refractivity contribution in [2.24, 2.45) is 40.4 Å². The van der Waals surface area contributed by atoms with Gasteiger partial charge in [-0.15, -0.1) is 0 Å². The first-order valence-electron chi connectivity index (χ1n) is 15.0. The smallest absolute Gasteiger partial charge is 0.407 e. The molecule has 10 atom stereocenters. The summed E-state index contributed by atoms with van der Waals surface area (Å²) in [4.78, 5) is 23.5. The van der Waals surface area contributed by atoms with Crippen molar-refractivity contribution in [2.75, 3.05) is 6.54 Å². The molecule has 212 valence electrons. The van der Waals surface area contributed by atoms with Gasteiger partial charge in [0.1, 0.15) is 12.6 Å². The first-order valence-corrected chi connectivity index (χ1v) is 15.0. The lowest BCUT2D eigenvalue weighted by Gasteiger charge is -2.62. The van der Waals surface area contributed by atoms with Crippen molar-refractivity contribution in [1.29, 1.82) is 0 Å². The Labute approximate surface area is 223 Å². The highest BCUT2D eigenvalue weighted by molar-refractivity contribution is 5.76. The second kappa shape index (κ2) is 11.0. The summed E-state index contributed by atoms with van der Waals surface area (Å²) in [5.41, 5.74) is -0.600. The van der Waals surface area contributed by atoms with E-state index in [0.717, 1.165) is 57.8 Å². The Morgan fingerprint density at radius 3 is 2.38 bits per heavy atom. The van der Waals surface area contributed by atoms with Gasteiger partial charge < -0.3 is 25.4 Å². The number of aliphatic carboxylic acids is 1. The average molecular weight is 522 g/mol. The number of ether oxygens (including phenoxy) is 1. The Hall–Kier alpha value is -1.34. The van der Waals surface area contributed by atoms with Crippen molar-refractivity contribution >= 4 is 12.1 Å². The Bertz CT molecular complexity index is 831. The maximum atomic E-state index is 12.6. The maximum Gasteiger partial charge on any atom is 0.407 e. The molecule has 4 N–H and O–H groups in total. The molecule has 7 nitrogen and oxygen atoms in total. The first kappa shape index (κ1) is 28.7. The summed E-state index contributed by atoms with van der Waals surface area (Å²) in [6, 6.07) is 0. The minimum atomic E-state index is -1.10. The standard InChI is InChI=1S/C30H51NO6/c1-5-6-7-8-13-30(4,36)25-10-9-21-20-17-24(37-27(35)31-18-26(33)34)23-16-19(32)11-14-28(23,2)22(20)12-15-29(21,25)3/h19-25,32,36H,5-18H2,1-4H3,(H,31,35)(H,33,34). The Kier molecular flexibility index (Phi) is 8.55. The highest BCUT2D eigenvalue weighted by Gasteiger charge is 2.64. The molecule has 0 aromatic carbocycles. The molecule has 37 heavy (non-hydrogen) atoms. The van der Waals surface area contributed by atoms with E-state index in [1.807, 2.05) is 0 Å². The van der Waals surface area contributed by atoms with E-state index in [-0.39, 0.29) is 34.9 Å². The number of aliphatic hydroxyl groups is 2.